The SMILES string of the molecule is CC(C)OCCCNC/C=C/c1ccccc1.Cl. The summed E-state index contributed by atoms with van der Waals surface area (Å²) in [6.45, 7) is 6.89. The van der Waals surface area contributed by atoms with Crippen molar-refractivity contribution in [3.05, 3.63) is 42.0 Å². The van der Waals surface area contributed by atoms with Gasteiger partial charge in [-0.2, -0.15) is 0 Å². The monoisotopic (exact) mass is 269 g/mol. The van der Waals surface area contributed by atoms with E-state index in [4.69, 9.17) is 4.74 Å². The van der Waals surface area contributed by atoms with Gasteiger partial charge in [-0.3, -0.25) is 0 Å². The van der Waals surface area contributed by atoms with Crippen LogP contribution in [0.15, 0.2) is 36.4 Å². The van der Waals surface area contributed by atoms with Gasteiger partial charge in [-0.25, -0.2) is 0 Å². The summed E-state index contributed by atoms with van der Waals surface area (Å²) in [5.41, 5.74) is 1.25. The van der Waals surface area contributed by atoms with Crippen molar-refractivity contribution < 1.29 is 4.74 Å². The van der Waals surface area contributed by atoms with E-state index in [1.165, 1.54) is 5.56 Å². The Morgan fingerprint density at radius 2 is 1.94 bits per heavy atom. The molecular weight excluding hydrogens is 246 g/mol. The van der Waals surface area contributed by atoms with Crippen LogP contribution in [0.5, 0.6) is 0 Å². The molecule has 18 heavy (non-hydrogen) atoms. The molecule has 0 aliphatic rings. The third kappa shape index (κ3) is 9.23. The molecular formula is C15H24ClNO. The number of benzene rings is 1. The molecule has 0 unspecified atom stereocenters. The molecule has 0 heterocycles. The lowest BCUT2D eigenvalue weighted by molar-refractivity contribution is 0.0772. The first-order valence-corrected chi connectivity index (χ1v) is 6.33. The van der Waals surface area contributed by atoms with E-state index in [1.54, 1.807) is 0 Å². The second-order valence-corrected chi connectivity index (χ2v) is 4.29. The van der Waals surface area contributed by atoms with Crippen molar-refractivity contribution in [3.63, 3.8) is 0 Å². The molecule has 0 fully saturated rings. The fourth-order valence-electron chi connectivity index (χ4n) is 1.46. The molecule has 0 atom stereocenters. The smallest absolute Gasteiger partial charge is 0.0518 e. The predicted molar refractivity (Wildman–Crippen MR) is 81.3 cm³/mol. The Bertz CT molecular complexity index is 312. The van der Waals surface area contributed by atoms with Crippen molar-refractivity contribution in [1.29, 1.82) is 0 Å². The summed E-state index contributed by atoms with van der Waals surface area (Å²) in [5, 5.41) is 3.36. The molecule has 1 rings (SSSR count). The van der Waals surface area contributed by atoms with Crippen LogP contribution >= 0.6 is 12.4 Å². The van der Waals surface area contributed by atoms with Crippen LogP contribution in [0.2, 0.25) is 0 Å². The van der Waals surface area contributed by atoms with Crippen LogP contribution in [0.4, 0.5) is 0 Å². The largest absolute Gasteiger partial charge is 0.379 e. The van der Waals surface area contributed by atoms with Gasteiger partial charge in [0.05, 0.1) is 6.10 Å². The first-order valence-electron chi connectivity index (χ1n) is 6.33. The highest BCUT2D eigenvalue weighted by molar-refractivity contribution is 5.85. The third-order valence-electron chi connectivity index (χ3n) is 2.32. The summed E-state index contributed by atoms with van der Waals surface area (Å²) >= 11 is 0. The van der Waals surface area contributed by atoms with Gasteiger partial charge < -0.3 is 10.1 Å². The number of nitrogens with one attached hydrogen (secondary N) is 1. The van der Waals surface area contributed by atoms with Crippen LogP contribution in [0.25, 0.3) is 6.08 Å². The van der Waals surface area contributed by atoms with Crippen LogP contribution < -0.4 is 5.32 Å². The fraction of sp³-hybridized carbons (Fsp3) is 0.467. The first kappa shape index (κ1) is 17.2. The molecule has 1 N–H and O–H groups in total. The van der Waals surface area contributed by atoms with E-state index in [0.717, 1.165) is 26.1 Å². The number of hydrogen-bond donors (Lipinski definition) is 1. The minimum absolute atomic E-state index is 0. The highest BCUT2D eigenvalue weighted by atomic mass is 35.5. The topological polar surface area (TPSA) is 21.3 Å². The quantitative estimate of drug-likeness (QED) is 0.729. The summed E-state index contributed by atoms with van der Waals surface area (Å²) in [4.78, 5) is 0. The lowest BCUT2D eigenvalue weighted by Gasteiger charge is -2.06. The number of rotatable bonds is 8. The average molecular weight is 270 g/mol. The van der Waals surface area contributed by atoms with Gasteiger partial charge in [-0.15, -0.1) is 12.4 Å². The summed E-state index contributed by atoms with van der Waals surface area (Å²) in [6, 6.07) is 10.3. The van der Waals surface area contributed by atoms with Crippen molar-refractivity contribution in [3.8, 4) is 0 Å². The molecule has 0 aliphatic heterocycles. The first-order chi connectivity index (χ1) is 8.29. The van der Waals surface area contributed by atoms with Crippen LogP contribution in [0, 0.1) is 0 Å². The Morgan fingerprint density at radius 1 is 1.22 bits per heavy atom. The van der Waals surface area contributed by atoms with Crippen LogP contribution in [-0.4, -0.2) is 25.8 Å². The minimum atomic E-state index is 0. The van der Waals surface area contributed by atoms with E-state index >= 15 is 0 Å². The normalized spacial score (nSPS) is 10.8. The molecule has 0 aromatic heterocycles. The van der Waals surface area contributed by atoms with Gasteiger partial charge >= 0.3 is 0 Å². The fourth-order valence-corrected chi connectivity index (χ4v) is 1.46. The van der Waals surface area contributed by atoms with Gasteiger partial charge in [0.15, 0.2) is 0 Å². The van der Waals surface area contributed by atoms with Gasteiger partial charge in [-0.05, 0) is 32.4 Å². The van der Waals surface area contributed by atoms with E-state index in [9.17, 15) is 0 Å². The van der Waals surface area contributed by atoms with Crippen molar-refractivity contribution in [2.24, 2.45) is 0 Å². The molecule has 102 valence electrons. The van der Waals surface area contributed by atoms with E-state index in [1.807, 2.05) is 6.07 Å². The summed E-state index contributed by atoms with van der Waals surface area (Å²) in [6.07, 6.45) is 5.70. The van der Waals surface area contributed by atoms with Crippen LogP contribution in [0.3, 0.4) is 0 Å². The highest BCUT2D eigenvalue weighted by Gasteiger charge is 1.91. The molecule has 0 amide bonds. The zero-order chi connectivity index (χ0) is 12.3. The molecule has 0 saturated heterocycles. The van der Waals surface area contributed by atoms with Crippen molar-refractivity contribution in [1.82, 2.24) is 5.32 Å². The Balaban J connectivity index is 0.00000289. The van der Waals surface area contributed by atoms with Gasteiger partial charge in [0.25, 0.3) is 0 Å². The lowest BCUT2D eigenvalue weighted by Crippen LogP contribution is -2.17. The minimum Gasteiger partial charge on any atom is -0.379 e. The second kappa shape index (κ2) is 11.3. The van der Waals surface area contributed by atoms with E-state index in [2.05, 4.69) is 55.6 Å². The Kier molecular flexibility index (Phi) is 10.8. The van der Waals surface area contributed by atoms with Crippen LogP contribution in [0.1, 0.15) is 25.8 Å². The Labute approximate surface area is 117 Å². The molecule has 2 nitrogen and oxygen atoms in total. The highest BCUT2D eigenvalue weighted by Crippen LogP contribution is 1.99. The number of hydrogen-bond acceptors (Lipinski definition) is 2. The Morgan fingerprint density at radius 3 is 2.61 bits per heavy atom. The standard InChI is InChI=1S/C15H23NO.ClH/c1-14(2)17-13-7-12-16-11-6-10-15-8-4-3-5-9-15;/h3-6,8-10,14,16H,7,11-13H2,1-2H3;1H/b10-6+;. The molecule has 0 bridgehead atoms. The van der Waals surface area contributed by atoms with E-state index in [-0.39, 0.29) is 12.4 Å². The molecule has 0 saturated carbocycles. The average Bonchev–Trinajstić information content (AvgIpc) is 2.33. The van der Waals surface area contributed by atoms with Crippen molar-refractivity contribution >= 4 is 18.5 Å². The molecule has 0 radical (unpaired) electrons. The van der Waals surface area contributed by atoms with Gasteiger partial charge in [0, 0.05) is 13.2 Å². The number of halogens is 1. The molecule has 3 heteroatoms. The maximum atomic E-state index is 5.46. The second-order valence-electron chi connectivity index (χ2n) is 4.29. The Hall–Kier alpha value is -0.830. The summed E-state index contributed by atoms with van der Waals surface area (Å²) in [5.74, 6) is 0. The number of ether oxygens (including phenoxy) is 1. The summed E-state index contributed by atoms with van der Waals surface area (Å²) < 4.78 is 5.46. The van der Waals surface area contributed by atoms with Gasteiger partial charge in [0.1, 0.15) is 0 Å². The maximum absolute atomic E-state index is 5.46. The molecule has 1 aromatic rings. The maximum Gasteiger partial charge on any atom is 0.0518 e. The van der Waals surface area contributed by atoms with Crippen molar-refractivity contribution in [2.75, 3.05) is 19.7 Å². The molecule has 0 spiro atoms. The zero-order valence-electron chi connectivity index (χ0n) is 11.3. The van der Waals surface area contributed by atoms with Crippen molar-refractivity contribution in [2.45, 2.75) is 26.4 Å². The van der Waals surface area contributed by atoms with Gasteiger partial charge in [0.2, 0.25) is 0 Å². The van der Waals surface area contributed by atoms with E-state index in [0.29, 0.717) is 6.10 Å². The third-order valence-corrected chi connectivity index (χ3v) is 2.32. The molecule has 1 aromatic carbocycles. The van der Waals surface area contributed by atoms with E-state index < -0.39 is 0 Å². The summed E-state index contributed by atoms with van der Waals surface area (Å²) in [7, 11) is 0. The zero-order valence-corrected chi connectivity index (χ0v) is 12.1. The lowest BCUT2D eigenvalue weighted by atomic mass is 10.2. The predicted octanol–water partition coefficient (Wildman–Crippen LogP) is 3.53. The van der Waals surface area contributed by atoms with Crippen LogP contribution in [-0.2, 0) is 4.74 Å². The van der Waals surface area contributed by atoms with Gasteiger partial charge in [-0.1, -0.05) is 42.5 Å². The molecule has 0 aliphatic carbocycles.